The number of carbonyl (C=O) groups excluding carboxylic acids is 1. The smallest absolute Gasteiger partial charge is 0.280 e. The van der Waals surface area contributed by atoms with E-state index in [1.165, 1.54) is 0 Å². The van der Waals surface area contributed by atoms with E-state index in [0.717, 1.165) is 19.3 Å². The highest BCUT2D eigenvalue weighted by Gasteiger charge is 2.32. The number of hydrogen-bond acceptors (Lipinski definition) is 2. The third-order valence-corrected chi connectivity index (χ3v) is 2.59. The van der Waals surface area contributed by atoms with Crippen LogP contribution in [0.15, 0.2) is 11.4 Å². The molecule has 3 nitrogen and oxygen atoms in total. The van der Waals surface area contributed by atoms with Crippen LogP contribution in [0.5, 0.6) is 0 Å². The van der Waals surface area contributed by atoms with Gasteiger partial charge in [-0.1, -0.05) is 0 Å². The van der Waals surface area contributed by atoms with Crippen LogP contribution in [0.3, 0.4) is 0 Å². The lowest BCUT2D eigenvalue weighted by Crippen LogP contribution is -2.55. The van der Waals surface area contributed by atoms with Crippen LogP contribution in [0.25, 0.3) is 0 Å². The fraction of sp³-hybridized carbons (Fsp3) is 0.700. The molecular formula is C10H17FN2O. The fourth-order valence-electron chi connectivity index (χ4n) is 1.37. The molecule has 0 radical (unpaired) electrons. The van der Waals surface area contributed by atoms with E-state index in [2.05, 4.69) is 5.32 Å². The van der Waals surface area contributed by atoms with E-state index >= 15 is 0 Å². The number of amides is 1. The zero-order chi connectivity index (χ0) is 10.8. The van der Waals surface area contributed by atoms with E-state index in [1.54, 1.807) is 13.8 Å². The van der Waals surface area contributed by atoms with Crippen LogP contribution in [-0.2, 0) is 4.79 Å². The van der Waals surface area contributed by atoms with E-state index < -0.39 is 11.7 Å². The number of nitrogens with one attached hydrogen (secondary N) is 1. The highest BCUT2D eigenvalue weighted by atomic mass is 19.1. The Hall–Kier alpha value is -0.900. The molecule has 14 heavy (non-hydrogen) atoms. The largest absolute Gasteiger partial charge is 0.348 e. The Balaban J connectivity index is 2.39. The normalized spacial score (nSPS) is 18.3. The predicted octanol–water partition coefficient (Wildman–Crippen LogP) is 1.25. The van der Waals surface area contributed by atoms with Gasteiger partial charge in [-0.15, -0.1) is 0 Å². The standard InChI is InChI=1S/C10H17FN2O/c1-7(2)8(11)9(14)13-6-10(12)4-3-5-10/h3-6,12H2,1-2H3,(H,13,14). The van der Waals surface area contributed by atoms with E-state index in [0.29, 0.717) is 12.1 Å². The summed E-state index contributed by atoms with van der Waals surface area (Å²) in [4.78, 5) is 11.2. The summed E-state index contributed by atoms with van der Waals surface area (Å²) in [7, 11) is 0. The minimum atomic E-state index is -0.701. The summed E-state index contributed by atoms with van der Waals surface area (Å²) in [5.74, 6) is -1.35. The van der Waals surface area contributed by atoms with Crippen molar-refractivity contribution in [2.24, 2.45) is 5.73 Å². The second kappa shape index (κ2) is 4.09. The molecule has 1 saturated carbocycles. The topological polar surface area (TPSA) is 55.1 Å². The van der Waals surface area contributed by atoms with Gasteiger partial charge in [0, 0.05) is 12.1 Å². The second-order valence-electron chi connectivity index (χ2n) is 4.21. The summed E-state index contributed by atoms with van der Waals surface area (Å²) in [6.07, 6.45) is 2.91. The molecular weight excluding hydrogens is 183 g/mol. The summed E-state index contributed by atoms with van der Waals surface area (Å²) in [6, 6.07) is 0. The molecule has 3 N–H and O–H groups in total. The summed E-state index contributed by atoms with van der Waals surface area (Å²) >= 11 is 0. The van der Waals surface area contributed by atoms with Crippen molar-refractivity contribution in [2.75, 3.05) is 6.54 Å². The third kappa shape index (κ3) is 2.54. The quantitative estimate of drug-likeness (QED) is 0.673. The highest BCUT2D eigenvalue weighted by Crippen LogP contribution is 2.28. The van der Waals surface area contributed by atoms with Gasteiger partial charge in [0.2, 0.25) is 0 Å². The molecule has 0 atom stereocenters. The zero-order valence-corrected chi connectivity index (χ0v) is 8.69. The minimum Gasteiger partial charge on any atom is -0.348 e. The molecule has 1 amide bonds. The highest BCUT2D eigenvalue weighted by molar-refractivity contribution is 5.91. The van der Waals surface area contributed by atoms with E-state index in [9.17, 15) is 9.18 Å². The molecule has 0 heterocycles. The number of nitrogens with two attached hydrogens (primary N) is 1. The fourth-order valence-corrected chi connectivity index (χ4v) is 1.37. The molecule has 0 bridgehead atoms. The first-order valence-electron chi connectivity index (χ1n) is 4.85. The van der Waals surface area contributed by atoms with Gasteiger partial charge >= 0.3 is 0 Å². The molecule has 0 aromatic rings. The van der Waals surface area contributed by atoms with Crippen LogP contribution in [0.1, 0.15) is 33.1 Å². The first-order chi connectivity index (χ1) is 6.44. The maximum absolute atomic E-state index is 13.0. The van der Waals surface area contributed by atoms with E-state index in [4.69, 9.17) is 5.73 Å². The van der Waals surface area contributed by atoms with Crippen molar-refractivity contribution in [3.8, 4) is 0 Å². The monoisotopic (exact) mass is 200 g/mol. The molecule has 0 aliphatic heterocycles. The van der Waals surface area contributed by atoms with E-state index in [-0.39, 0.29) is 5.54 Å². The SMILES string of the molecule is CC(C)=C(F)C(=O)NCC1(N)CCC1. The predicted molar refractivity (Wildman–Crippen MR) is 53.3 cm³/mol. The third-order valence-electron chi connectivity index (χ3n) is 2.59. The summed E-state index contributed by atoms with van der Waals surface area (Å²) in [6.45, 7) is 3.50. The Morgan fingerprint density at radius 2 is 2.07 bits per heavy atom. The first kappa shape index (κ1) is 11.2. The summed E-state index contributed by atoms with van der Waals surface area (Å²) in [5, 5.41) is 2.51. The van der Waals surface area contributed by atoms with Gasteiger partial charge in [-0.05, 0) is 38.7 Å². The van der Waals surface area contributed by atoms with Gasteiger partial charge in [0.15, 0.2) is 5.83 Å². The molecule has 0 spiro atoms. The molecule has 0 saturated heterocycles. The van der Waals surface area contributed by atoms with E-state index in [1.807, 2.05) is 0 Å². The number of hydrogen-bond donors (Lipinski definition) is 2. The molecule has 80 valence electrons. The molecule has 1 fully saturated rings. The Morgan fingerprint density at radius 1 is 1.50 bits per heavy atom. The molecule has 1 aliphatic carbocycles. The average molecular weight is 200 g/mol. The molecule has 0 unspecified atom stereocenters. The van der Waals surface area contributed by atoms with Crippen LogP contribution < -0.4 is 11.1 Å². The van der Waals surface area contributed by atoms with Crippen LogP contribution in [0.2, 0.25) is 0 Å². The lowest BCUT2D eigenvalue weighted by Gasteiger charge is -2.38. The molecule has 0 aromatic carbocycles. The lowest BCUT2D eigenvalue weighted by molar-refractivity contribution is -0.119. The van der Waals surface area contributed by atoms with Crippen LogP contribution in [0.4, 0.5) is 4.39 Å². The maximum atomic E-state index is 13.0. The molecule has 1 aliphatic rings. The Morgan fingerprint density at radius 3 is 2.43 bits per heavy atom. The van der Waals surface area contributed by atoms with Crippen LogP contribution in [-0.4, -0.2) is 18.0 Å². The Bertz CT molecular complexity index is 265. The van der Waals surface area contributed by atoms with Crippen LogP contribution >= 0.6 is 0 Å². The second-order valence-corrected chi connectivity index (χ2v) is 4.21. The van der Waals surface area contributed by atoms with Gasteiger partial charge in [-0.3, -0.25) is 4.79 Å². The molecule has 1 rings (SSSR count). The molecule has 0 aromatic heterocycles. The van der Waals surface area contributed by atoms with Gasteiger partial charge in [0.05, 0.1) is 0 Å². The van der Waals surface area contributed by atoms with Crippen LogP contribution in [0, 0.1) is 0 Å². The van der Waals surface area contributed by atoms with Crippen molar-refractivity contribution in [3.05, 3.63) is 11.4 Å². The number of halogens is 1. The van der Waals surface area contributed by atoms with Gasteiger partial charge in [-0.25, -0.2) is 4.39 Å². The van der Waals surface area contributed by atoms with Gasteiger partial charge < -0.3 is 11.1 Å². The van der Waals surface area contributed by atoms with Gasteiger partial charge in [-0.2, -0.15) is 0 Å². The van der Waals surface area contributed by atoms with Crippen molar-refractivity contribution in [1.82, 2.24) is 5.32 Å². The summed E-state index contributed by atoms with van der Waals surface area (Å²) < 4.78 is 13.0. The number of carbonyl (C=O) groups is 1. The minimum absolute atomic E-state index is 0.294. The Kier molecular flexibility index (Phi) is 3.26. The first-order valence-corrected chi connectivity index (χ1v) is 4.85. The van der Waals surface area contributed by atoms with Gasteiger partial charge in [0.1, 0.15) is 0 Å². The lowest BCUT2D eigenvalue weighted by atomic mass is 9.78. The van der Waals surface area contributed by atoms with Crippen molar-refractivity contribution in [1.29, 1.82) is 0 Å². The Labute approximate surface area is 83.5 Å². The van der Waals surface area contributed by atoms with Crippen molar-refractivity contribution in [2.45, 2.75) is 38.6 Å². The van der Waals surface area contributed by atoms with Gasteiger partial charge in [0.25, 0.3) is 5.91 Å². The van der Waals surface area contributed by atoms with Crippen molar-refractivity contribution < 1.29 is 9.18 Å². The molecule has 4 heteroatoms. The zero-order valence-electron chi connectivity index (χ0n) is 8.69. The summed E-state index contributed by atoms with van der Waals surface area (Å²) in [5.41, 5.74) is 5.97. The maximum Gasteiger partial charge on any atom is 0.280 e. The number of allylic oxidation sites excluding steroid dienone is 1. The average Bonchev–Trinajstić information content (AvgIpc) is 2.09. The van der Waals surface area contributed by atoms with Crippen molar-refractivity contribution in [3.63, 3.8) is 0 Å². The van der Waals surface area contributed by atoms with Crippen molar-refractivity contribution >= 4 is 5.91 Å². The number of rotatable bonds is 3.